The summed E-state index contributed by atoms with van der Waals surface area (Å²) in [6, 6.07) is 3.08. The van der Waals surface area contributed by atoms with Crippen LogP contribution in [0.15, 0.2) is 18.7 Å². The van der Waals surface area contributed by atoms with E-state index in [0.717, 1.165) is 0 Å². The summed E-state index contributed by atoms with van der Waals surface area (Å²) in [6.45, 7) is 5.45. The predicted octanol–water partition coefficient (Wildman–Crippen LogP) is 2.65. The van der Waals surface area contributed by atoms with Gasteiger partial charge in [0.05, 0.1) is 18.8 Å². The molecule has 0 atom stereocenters. The summed E-state index contributed by atoms with van der Waals surface area (Å²) in [5.41, 5.74) is 1.56. The van der Waals surface area contributed by atoms with Crippen molar-refractivity contribution in [1.29, 1.82) is 0 Å². The van der Waals surface area contributed by atoms with Gasteiger partial charge in [0.15, 0.2) is 0 Å². The van der Waals surface area contributed by atoms with Gasteiger partial charge in [-0.1, -0.05) is 24.3 Å². The molecule has 0 amide bonds. The second kappa shape index (κ2) is 5.68. The Bertz CT molecular complexity index is 413. The minimum absolute atomic E-state index is 0.191. The van der Waals surface area contributed by atoms with Gasteiger partial charge in [0.1, 0.15) is 0 Å². The zero-order valence-corrected chi connectivity index (χ0v) is 9.75. The van der Waals surface area contributed by atoms with Crippen molar-refractivity contribution in [2.24, 2.45) is 0 Å². The van der Waals surface area contributed by atoms with E-state index < -0.39 is 5.97 Å². The number of aliphatic hydroxyl groups excluding tert-OH is 1. The van der Waals surface area contributed by atoms with E-state index in [2.05, 4.69) is 6.58 Å². The number of rotatable bonds is 4. The third-order valence-electron chi connectivity index (χ3n) is 2.12. The summed E-state index contributed by atoms with van der Waals surface area (Å²) >= 11 is 5.94. The molecule has 1 N–H and O–H groups in total. The van der Waals surface area contributed by atoms with Gasteiger partial charge >= 0.3 is 5.97 Å². The molecule has 0 saturated carbocycles. The first-order valence-electron chi connectivity index (χ1n) is 4.86. The van der Waals surface area contributed by atoms with Gasteiger partial charge in [0.2, 0.25) is 0 Å². The van der Waals surface area contributed by atoms with Crippen molar-refractivity contribution in [3.05, 3.63) is 40.4 Å². The van der Waals surface area contributed by atoms with E-state index in [1.165, 1.54) is 6.07 Å². The first-order valence-corrected chi connectivity index (χ1v) is 5.24. The van der Waals surface area contributed by atoms with Crippen molar-refractivity contribution in [2.75, 3.05) is 6.61 Å². The number of hydrogen-bond acceptors (Lipinski definition) is 3. The summed E-state index contributed by atoms with van der Waals surface area (Å²) in [5, 5.41) is 9.45. The topological polar surface area (TPSA) is 46.5 Å². The summed E-state index contributed by atoms with van der Waals surface area (Å²) in [4.78, 5) is 11.5. The number of ether oxygens (including phenoxy) is 1. The van der Waals surface area contributed by atoms with Gasteiger partial charge in [-0.25, -0.2) is 4.79 Å². The third kappa shape index (κ3) is 2.62. The molecule has 0 radical (unpaired) electrons. The Balaban J connectivity index is 3.20. The normalized spacial score (nSPS) is 9.94. The predicted molar refractivity (Wildman–Crippen MR) is 63.4 cm³/mol. The van der Waals surface area contributed by atoms with Crippen molar-refractivity contribution < 1.29 is 14.6 Å². The van der Waals surface area contributed by atoms with Crippen LogP contribution in [0.4, 0.5) is 0 Å². The van der Waals surface area contributed by atoms with E-state index >= 15 is 0 Å². The lowest BCUT2D eigenvalue weighted by Gasteiger charge is -2.09. The standard InChI is InChI=1S/C12H13ClO3/c1-3-8-5-9(12(15)16-4-2)6-11(13)10(8)7-14/h3,5-6,14H,1,4,7H2,2H3. The molecule has 16 heavy (non-hydrogen) atoms. The average Bonchev–Trinajstić information content (AvgIpc) is 2.28. The Labute approximate surface area is 99.3 Å². The van der Waals surface area contributed by atoms with Crippen molar-refractivity contribution in [3.8, 4) is 0 Å². The highest BCUT2D eigenvalue weighted by molar-refractivity contribution is 6.32. The monoisotopic (exact) mass is 240 g/mol. The first-order chi connectivity index (χ1) is 7.63. The van der Waals surface area contributed by atoms with Crippen LogP contribution in [0.5, 0.6) is 0 Å². The van der Waals surface area contributed by atoms with Crippen molar-refractivity contribution >= 4 is 23.6 Å². The largest absolute Gasteiger partial charge is 0.462 e. The van der Waals surface area contributed by atoms with Crippen LogP contribution >= 0.6 is 11.6 Å². The van der Waals surface area contributed by atoms with E-state index in [4.69, 9.17) is 21.4 Å². The molecule has 4 heteroatoms. The smallest absolute Gasteiger partial charge is 0.338 e. The highest BCUT2D eigenvalue weighted by atomic mass is 35.5. The summed E-state index contributed by atoms with van der Waals surface area (Å²) in [6.07, 6.45) is 1.54. The van der Waals surface area contributed by atoms with E-state index in [1.807, 2.05) is 0 Å². The Morgan fingerprint density at radius 1 is 1.62 bits per heavy atom. The van der Waals surface area contributed by atoms with Gasteiger partial charge in [0, 0.05) is 10.6 Å². The highest BCUT2D eigenvalue weighted by Crippen LogP contribution is 2.24. The average molecular weight is 241 g/mol. The van der Waals surface area contributed by atoms with Crippen LogP contribution in [-0.4, -0.2) is 17.7 Å². The van der Waals surface area contributed by atoms with E-state index in [9.17, 15) is 4.79 Å². The SMILES string of the molecule is C=Cc1cc(C(=O)OCC)cc(Cl)c1CO. The molecule has 0 aliphatic rings. The van der Waals surface area contributed by atoms with Crippen LogP contribution in [-0.2, 0) is 11.3 Å². The fourth-order valence-electron chi connectivity index (χ4n) is 1.34. The maximum absolute atomic E-state index is 11.5. The molecular formula is C12H13ClO3. The highest BCUT2D eigenvalue weighted by Gasteiger charge is 2.12. The minimum atomic E-state index is -0.433. The van der Waals surface area contributed by atoms with Crippen LogP contribution in [0, 0.1) is 0 Å². The molecule has 86 valence electrons. The van der Waals surface area contributed by atoms with Crippen LogP contribution < -0.4 is 0 Å². The third-order valence-corrected chi connectivity index (χ3v) is 2.46. The Morgan fingerprint density at radius 2 is 2.31 bits per heavy atom. The molecule has 3 nitrogen and oxygen atoms in total. The number of benzene rings is 1. The molecule has 1 aromatic rings. The molecule has 0 aliphatic heterocycles. The molecule has 0 spiro atoms. The minimum Gasteiger partial charge on any atom is -0.462 e. The molecule has 0 fully saturated rings. The van der Waals surface area contributed by atoms with Gasteiger partial charge < -0.3 is 9.84 Å². The Hall–Kier alpha value is -1.32. The lowest BCUT2D eigenvalue weighted by molar-refractivity contribution is 0.0526. The fourth-order valence-corrected chi connectivity index (χ4v) is 1.63. The van der Waals surface area contributed by atoms with Crippen LogP contribution in [0.3, 0.4) is 0 Å². The number of halogens is 1. The van der Waals surface area contributed by atoms with Crippen molar-refractivity contribution in [3.63, 3.8) is 0 Å². The number of esters is 1. The lowest BCUT2D eigenvalue weighted by Crippen LogP contribution is -2.06. The number of carbonyl (C=O) groups excluding carboxylic acids is 1. The van der Waals surface area contributed by atoms with Crippen LogP contribution in [0.2, 0.25) is 5.02 Å². The van der Waals surface area contributed by atoms with E-state index in [-0.39, 0.29) is 6.61 Å². The fraction of sp³-hybridized carbons (Fsp3) is 0.250. The van der Waals surface area contributed by atoms with Gasteiger partial charge in [-0.3, -0.25) is 0 Å². The molecule has 0 saturated heterocycles. The van der Waals surface area contributed by atoms with Crippen LogP contribution in [0.25, 0.3) is 6.08 Å². The zero-order valence-electron chi connectivity index (χ0n) is 9.00. The Morgan fingerprint density at radius 3 is 2.81 bits per heavy atom. The van der Waals surface area contributed by atoms with E-state index in [1.54, 1.807) is 19.1 Å². The number of carbonyl (C=O) groups is 1. The number of hydrogen-bond donors (Lipinski definition) is 1. The van der Waals surface area contributed by atoms with Crippen LogP contribution in [0.1, 0.15) is 28.4 Å². The van der Waals surface area contributed by atoms with Gasteiger partial charge in [-0.15, -0.1) is 0 Å². The molecule has 0 bridgehead atoms. The van der Waals surface area contributed by atoms with Gasteiger partial charge in [-0.2, -0.15) is 0 Å². The molecule has 0 heterocycles. The Kier molecular flexibility index (Phi) is 4.52. The second-order valence-corrected chi connectivity index (χ2v) is 3.52. The van der Waals surface area contributed by atoms with Crippen molar-refractivity contribution in [1.82, 2.24) is 0 Å². The zero-order chi connectivity index (χ0) is 12.1. The van der Waals surface area contributed by atoms with E-state index in [0.29, 0.717) is 28.3 Å². The molecule has 0 aliphatic carbocycles. The summed E-state index contributed by atoms with van der Waals surface area (Å²) in [5.74, 6) is -0.433. The maximum atomic E-state index is 11.5. The quantitative estimate of drug-likeness (QED) is 0.823. The number of aliphatic hydroxyl groups is 1. The van der Waals surface area contributed by atoms with Gasteiger partial charge in [0.25, 0.3) is 0 Å². The lowest BCUT2D eigenvalue weighted by atomic mass is 10.0. The first kappa shape index (κ1) is 12.7. The van der Waals surface area contributed by atoms with Gasteiger partial charge in [-0.05, 0) is 24.6 Å². The molecule has 0 unspecified atom stereocenters. The molecule has 1 aromatic carbocycles. The van der Waals surface area contributed by atoms with Crippen molar-refractivity contribution in [2.45, 2.75) is 13.5 Å². The second-order valence-electron chi connectivity index (χ2n) is 3.11. The summed E-state index contributed by atoms with van der Waals surface area (Å²) < 4.78 is 4.86. The molecule has 0 aromatic heterocycles. The maximum Gasteiger partial charge on any atom is 0.338 e. The molecular weight excluding hydrogens is 228 g/mol. The molecule has 1 rings (SSSR count). The summed E-state index contributed by atoms with van der Waals surface area (Å²) in [7, 11) is 0.